The number of fused-ring (bicyclic) bond motifs is 3. The van der Waals surface area contributed by atoms with Crippen LogP contribution in [-0.4, -0.2) is 59.3 Å². The standard InChI is InChI=1S/C25H31N3O8/c29-22(27-26-15-16-8-7-9-17(14-16)28(30)31)20-18-19(34-24(33-18)10-3-1-4-11-24)21-23(32-20)36-25(35-21)12-5-2-6-13-25/h7-9,14-15,18-21,23H,1-6,10-13H2,(H,27,29). The smallest absolute Gasteiger partial charge is 0.272 e. The van der Waals surface area contributed by atoms with E-state index >= 15 is 0 Å². The number of hydrazone groups is 1. The fourth-order valence-corrected chi connectivity index (χ4v) is 6.12. The first-order chi connectivity index (χ1) is 17.5. The van der Waals surface area contributed by atoms with E-state index in [1.165, 1.54) is 18.3 Å². The van der Waals surface area contributed by atoms with Crippen molar-refractivity contribution in [3.63, 3.8) is 0 Å². The van der Waals surface area contributed by atoms with Crippen LogP contribution in [0.1, 0.15) is 69.8 Å². The first-order valence-corrected chi connectivity index (χ1v) is 12.9. The van der Waals surface area contributed by atoms with Crippen molar-refractivity contribution in [3.8, 4) is 0 Å². The molecule has 36 heavy (non-hydrogen) atoms. The summed E-state index contributed by atoms with van der Waals surface area (Å²) in [6.07, 6.45) is 7.44. The molecule has 3 aliphatic heterocycles. The van der Waals surface area contributed by atoms with E-state index in [0.717, 1.165) is 64.2 Å². The lowest BCUT2D eigenvalue weighted by Gasteiger charge is -2.36. The van der Waals surface area contributed by atoms with Gasteiger partial charge in [0.2, 0.25) is 0 Å². The maximum atomic E-state index is 13.2. The van der Waals surface area contributed by atoms with Gasteiger partial charge in [0.15, 0.2) is 24.0 Å². The Morgan fingerprint density at radius 1 is 0.944 bits per heavy atom. The molecule has 6 rings (SSSR count). The molecule has 3 saturated heterocycles. The molecule has 2 spiro atoms. The third kappa shape index (κ3) is 4.43. The van der Waals surface area contributed by atoms with Gasteiger partial charge in [0, 0.05) is 43.4 Å². The fourth-order valence-electron chi connectivity index (χ4n) is 6.12. The van der Waals surface area contributed by atoms with Crippen LogP contribution in [0.3, 0.4) is 0 Å². The molecule has 5 atom stereocenters. The van der Waals surface area contributed by atoms with Crippen molar-refractivity contribution in [2.24, 2.45) is 5.10 Å². The molecular weight excluding hydrogens is 470 g/mol. The molecule has 1 N–H and O–H groups in total. The van der Waals surface area contributed by atoms with Crippen LogP contribution in [-0.2, 0) is 28.5 Å². The number of benzene rings is 1. The molecule has 1 aromatic carbocycles. The molecule has 5 aliphatic rings. The number of ether oxygens (including phenoxy) is 5. The van der Waals surface area contributed by atoms with Crippen LogP contribution < -0.4 is 5.43 Å². The molecular formula is C25H31N3O8. The summed E-state index contributed by atoms with van der Waals surface area (Å²) in [4.78, 5) is 23.8. The monoisotopic (exact) mass is 501 g/mol. The van der Waals surface area contributed by atoms with Gasteiger partial charge in [0.1, 0.15) is 18.3 Å². The van der Waals surface area contributed by atoms with Gasteiger partial charge in [0.25, 0.3) is 11.6 Å². The van der Waals surface area contributed by atoms with E-state index in [9.17, 15) is 14.9 Å². The van der Waals surface area contributed by atoms with Crippen LogP contribution in [0.15, 0.2) is 29.4 Å². The zero-order valence-electron chi connectivity index (χ0n) is 20.0. The Labute approximate surface area is 208 Å². The minimum atomic E-state index is -0.998. The van der Waals surface area contributed by atoms with E-state index in [1.54, 1.807) is 12.1 Å². The summed E-state index contributed by atoms with van der Waals surface area (Å²) in [5, 5.41) is 15.0. The van der Waals surface area contributed by atoms with Crippen LogP contribution in [0, 0.1) is 10.1 Å². The van der Waals surface area contributed by atoms with Crippen molar-refractivity contribution < 1.29 is 33.4 Å². The maximum absolute atomic E-state index is 13.2. The molecule has 2 aliphatic carbocycles. The molecule has 1 aromatic rings. The quantitative estimate of drug-likeness (QED) is 0.378. The minimum Gasteiger partial charge on any atom is -0.341 e. The predicted octanol–water partition coefficient (Wildman–Crippen LogP) is 3.29. The van der Waals surface area contributed by atoms with E-state index in [-0.39, 0.29) is 5.69 Å². The van der Waals surface area contributed by atoms with Crippen LogP contribution in [0.25, 0.3) is 0 Å². The highest BCUT2D eigenvalue weighted by atomic mass is 16.9. The van der Waals surface area contributed by atoms with Crippen molar-refractivity contribution in [1.82, 2.24) is 5.43 Å². The lowest BCUT2D eigenvalue weighted by Crippen LogP contribution is -2.59. The number of carbonyl (C=O) groups excluding carboxylic acids is 1. The van der Waals surface area contributed by atoms with Gasteiger partial charge in [-0.2, -0.15) is 5.10 Å². The van der Waals surface area contributed by atoms with Crippen molar-refractivity contribution in [3.05, 3.63) is 39.9 Å². The lowest BCUT2D eigenvalue weighted by molar-refractivity contribution is -0.384. The van der Waals surface area contributed by atoms with Gasteiger partial charge >= 0.3 is 0 Å². The maximum Gasteiger partial charge on any atom is 0.272 e. The number of amides is 1. The Balaban J connectivity index is 1.20. The first-order valence-electron chi connectivity index (χ1n) is 12.9. The molecule has 3 heterocycles. The molecule has 5 unspecified atom stereocenters. The first kappa shape index (κ1) is 23.9. The summed E-state index contributed by atoms with van der Waals surface area (Å²) in [7, 11) is 0. The Bertz CT molecular complexity index is 1040. The number of carbonyl (C=O) groups is 1. The third-order valence-corrected chi connectivity index (χ3v) is 7.84. The number of nitrogens with one attached hydrogen (secondary N) is 1. The van der Waals surface area contributed by atoms with Gasteiger partial charge in [0.05, 0.1) is 11.1 Å². The molecule has 11 nitrogen and oxygen atoms in total. The Kier molecular flexibility index (Phi) is 6.29. The molecule has 11 heteroatoms. The summed E-state index contributed by atoms with van der Waals surface area (Å²) < 4.78 is 31.9. The number of nitro groups is 1. The van der Waals surface area contributed by atoms with Gasteiger partial charge in [-0.1, -0.05) is 25.0 Å². The zero-order valence-corrected chi connectivity index (χ0v) is 20.0. The molecule has 2 saturated carbocycles. The van der Waals surface area contributed by atoms with Crippen molar-refractivity contribution in [1.29, 1.82) is 0 Å². The van der Waals surface area contributed by atoms with E-state index in [2.05, 4.69) is 10.5 Å². The second kappa shape index (κ2) is 9.46. The summed E-state index contributed by atoms with van der Waals surface area (Å²) in [5.41, 5.74) is 2.94. The zero-order chi connectivity index (χ0) is 24.8. The van der Waals surface area contributed by atoms with Crippen LogP contribution in [0.2, 0.25) is 0 Å². The Hall–Kier alpha value is -2.44. The number of hydrogen-bond donors (Lipinski definition) is 1. The largest absolute Gasteiger partial charge is 0.341 e. The van der Waals surface area contributed by atoms with Crippen molar-refractivity contribution in [2.75, 3.05) is 0 Å². The summed E-state index contributed by atoms with van der Waals surface area (Å²) >= 11 is 0. The van der Waals surface area contributed by atoms with Gasteiger partial charge in [-0.3, -0.25) is 14.9 Å². The van der Waals surface area contributed by atoms with Crippen LogP contribution >= 0.6 is 0 Å². The molecule has 1 amide bonds. The number of nitro benzene ring substituents is 1. The predicted molar refractivity (Wildman–Crippen MR) is 125 cm³/mol. The molecule has 0 radical (unpaired) electrons. The number of hydrogen-bond acceptors (Lipinski definition) is 9. The van der Waals surface area contributed by atoms with Gasteiger partial charge in [-0.15, -0.1) is 0 Å². The van der Waals surface area contributed by atoms with Crippen LogP contribution in [0.5, 0.6) is 0 Å². The van der Waals surface area contributed by atoms with E-state index in [0.29, 0.717) is 5.56 Å². The van der Waals surface area contributed by atoms with Gasteiger partial charge in [-0.25, -0.2) is 5.43 Å². The van der Waals surface area contributed by atoms with Gasteiger partial charge < -0.3 is 23.7 Å². The second-order valence-corrected chi connectivity index (χ2v) is 10.3. The third-order valence-electron chi connectivity index (χ3n) is 7.84. The lowest BCUT2D eigenvalue weighted by atomic mass is 9.94. The Morgan fingerprint density at radius 2 is 1.58 bits per heavy atom. The molecule has 5 fully saturated rings. The summed E-state index contributed by atoms with van der Waals surface area (Å²) in [5.74, 6) is -1.92. The van der Waals surface area contributed by atoms with Crippen LogP contribution in [0.4, 0.5) is 5.69 Å². The number of non-ortho nitro benzene ring substituents is 1. The average molecular weight is 502 g/mol. The van der Waals surface area contributed by atoms with Crippen molar-refractivity contribution >= 4 is 17.8 Å². The average Bonchev–Trinajstić information content (AvgIpc) is 3.42. The highest BCUT2D eigenvalue weighted by molar-refractivity contribution is 5.85. The highest BCUT2D eigenvalue weighted by Gasteiger charge is 2.65. The Morgan fingerprint density at radius 3 is 2.28 bits per heavy atom. The topological polar surface area (TPSA) is 131 Å². The summed E-state index contributed by atoms with van der Waals surface area (Å²) in [6, 6.07) is 5.99. The normalized spacial score (nSPS) is 34.5. The van der Waals surface area contributed by atoms with E-state index < -0.39 is 53.1 Å². The molecule has 0 aromatic heterocycles. The van der Waals surface area contributed by atoms with Gasteiger partial charge in [-0.05, 0) is 25.7 Å². The second-order valence-electron chi connectivity index (χ2n) is 10.3. The van der Waals surface area contributed by atoms with E-state index in [1.807, 2.05) is 0 Å². The SMILES string of the molecule is O=C(NN=Cc1cccc([N+](=O)[O-])c1)C1OC2OC3(CCCCC3)OC2C2OC3(CCCCC3)OC12. The number of nitrogens with zero attached hydrogens (tertiary/aromatic N) is 2. The minimum absolute atomic E-state index is 0.0564. The van der Waals surface area contributed by atoms with Crippen molar-refractivity contribution in [2.45, 2.75) is 106 Å². The molecule has 194 valence electrons. The highest BCUT2D eigenvalue weighted by Crippen LogP contribution is 2.50. The molecule has 0 bridgehead atoms. The summed E-state index contributed by atoms with van der Waals surface area (Å²) in [6.45, 7) is 0. The van der Waals surface area contributed by atoms with E-state index in [4.69, 9.17) is 23.7 Å². The fraction of sp³-hybridized carbons (Fsp3) is 0.680. The number of rotatable bonds is 4.